The van der Waals surface area contributed by atoms with Crippen LogP contribution in [0.2, 0.25) is 5.02 Å². The molecule has 1 aromatic carbocycles. The van der Waals surface area contributed by atoms with Crippen LogP contribution in [-0.4, -0.2) is 22.5 Å². The molecule has 0 saturated carbocycles. The van der Waals surface area contributed by atoms with Gasteiger partial charge in [0.2, 0.25) is 0 Å². The van der Waals surface area contributed by atoms with Crippen LogP contribution in [0, 0.1) is 0 Å². The summed E-state index contributed by atoms with van der Waals surface area (Å²) in [6.07, 6.45) is 1.72. The Balaban J connectivity index is 2.01. The molecule has 0 bridgehead atoms. The first kappa shape index (κ1) is 14.6. The van der Waals surface area contributed by atoms with Crippen LogP contribution in [-0.2, 0) is 17.9 Å². The molecule has 0 aliphatic heterocycles. The lowest BCUT2D eigenvalue weighted by Crippen LogP contribution is -2.25. The molecule has 2 rings (SSSR count). The first-order chi connectivity index (χ1) is 9.63. The lowest BCUT2D eigenvalue weighted by atomic mass is 10.2. The fourth-order valence-electron chi connectivity index (χ4n) is 1.94. The minimum Gasteiger partial charge on any atom is -0.481 e. The Hall–Kier alpha value is -1.78. The van der Waals surface area contributed by atoms with Crippen molar-refractivity contribution in [2.45, 2.75) is 19.5 Å². The van der Waals surface area contributed by atoms with Gasteiger partial charge in [-0.1, -0.05) is 23.7 Å². The third-order valence-electron chi connectivity index (χ3n) is 2.92. The number of furan rings is 1. The Kier molecular flexibility index (Phi) is 5.21. The van der Waals surface area contributed by atoms with Crippen molar-refractivity contribution in [3.63, 3.8) is 0 Å². The van der Waals surface area contributed by atoms with E-state index in [2.05, 4.69) is 0 Å². The second-order valence-electron chi connectivity index (χ2n) is 4.56. The number of hydrogen-bond donors (Lipinski definition) is 1. The monoisotopic (exact) mass is 293 g/mol. The number of carbonyl (C=O) groups is 1. The second kappa shape index (κ2) is 7.12. The van der Waals surface area contributed by atoms with Crippen LogP contribution in [0.3, 0.4) is 0 Å². The summed E-state index contributed by atoms with van der Waals surface area (Å²) in [7, 11) is 0. The smallest absolute Gasteiger partial charge is 0.304 e. The van der Waals surface area contributed by atoms with Gasteiger partial charge in [0.05, 0.1) is 19.2 Å². The number of rotatable bonds is 7. The van der Waals surface area contributed by atoms with E-state index in [9.17, 15) is 4.79 Å². The highest BCUT2D eigenvalue weighted by Crippen LogP contribution is 2.14. The summed E-state index contributed by atoms with van der Waals surface area (Å²) >= 11 is 5.86. The van der Waals surface area contributed by atoms with Gasteiger partial charge < -0.3 is 9.52 Å². The minimum absolute atomic E-state index is 0.105. The lowest BCUT2D eigenvalue weighted by molar-refractivity contribution is -0.137. The predicted molar refractivity (Wildman–Crippen MR) is 76.5 cm³/mol. The molecular formula is C15H16ClNO3. The van der Waals surface area contributed by atoms with Crippen LogP contribution in [0.5, 0.6) is 0 Å². The van der Waals surface area contributed by atoms with Crippen LogP contribution in [0.25, 0.3) is 0 Å². The molecule has 2 aromatic rings. The maximum atomic E-state index is 10.7. The van der Waals surface area contributed by atoms with E-state index in [0.29, 0.717) is 24.7 Å². The molecule has 0 spiro atoms. The van der Waals surface area contributed by atoms with E-state index in [0.717, 1.165) is 11.3 Å². The van der Waals surface area contributed by atoms with Gasteiger partial charge in [0.15, 0.2) is 0 Å². The Morgan fingerprint density at radius 3 is 2.55 bits per heavy atom. The SMILES string of the molecule is O=C(O)CCN(Cc1ccc(Cl)cc1)Cc1ccco1. The standard InChI is InChI=1S/C15H16ClNO3/c16-13-5-3-12(4-6-13)10-17(8-7-15(18)19)11-14-2-1-9-20-14/h1-6,9H,7-8,10-11H2,(H,18,19). The first-order valence-corrected chi connectivity index (χ1v) is 6.72. The van der Waals surface area contributed by atoms with Gasteiger partial charge in [-0.25, -0.2) is 0 Å². The van der Waals surface area contributed by atoms with E-state index >= 15 is 0 Å². The summed E-state index contributed by atoms with van der Waals surface area (Å²) < 4.78 is 5.32. The summed E-state index contributed by atoms with van der Waals surface area (Å²) in [6, 6.07) is 11.3. The first-order valence-electron chi connectivity index (χ1n) is 6.34. The van der Waals surface area contributed by atoms with Crippen LogP contribution in [0.15, 0.2) is 47.1 Å². The number of carboxylic acids is 1. The van der Waals surface area contributed by atoms with Crippen molar-refractivity contribution in [1.82, 2.24) is 4.90 Å². The summed E-state index contributed by atoms with van der Waals surface area (Å²) in [5, 5.41) is 9.51. The number of benzene rings is 1. The average Bonchev–Trinajstić information content (AvgIpc) is 2.91. The summed E-state index contributed by atoms with van der Waals surface area (Å²) in [4.78, 5) is 12.8. The van der Waals surface area contributed by atoms with Gasteiger partial charge in [0, 0.05) is 18.1 Å². The third-order valence-corrected chi connectivity index (χ3v) is 3.17. The van der Waals surface area contributed by atoms with Crippen molar-refractivity contribution < 1.29 is 14.3 Å². The Labute approximate surface area is 122 Å². The van der Waals surface area contributed by atoms with Gasteiger partial charge in [0.25, 0.3) is 0 Å². The third kappa shape index (κ3) is 4.72. The minimum atomic E-state index is -0.800. The van der Waals surface area contributed by atoms with Crippen LogP contribution >= 0.6 is 11.6 Å². The van der Waals surface area contributed by atoms with E-state index in [-0.39, 0.29) is 6.42 Å². The molecule has 0 amide bonds. The number of aliphatic carboxylic acids is 1. The van der Waals surface area contributed by atoms with Crippen molar-refractivity contribution in [2.75, 3.05) is 6.54 Å². The van der Waals surface area contributed by atoms with Gasteiger partial charge in [-0.05, 0) is 29.8 Å². The Morgan fingerprint density at radius 2 is 1.95 bits per heavy atom. The molecule has 0 aliphatic rings. The van der Waals surface area contributed by atoms with Gasteiger partial charge in [-0.15, -0.1) is 0 Å². The zero-order chi connectivity index (χ0) is 14.4. The lowest BCUT2D eigenvalue weighted by Gasteiger charge is -2.20. The largest absolute Gasteiger partial charge is 0.481 e. The molecule has 20 heavy (non-hydrogen) atoms. The normalized spacial score (nSPS) is 10.9. The zero-order valence-corrected chi connectivity index (χ0v) is 11.7. The number of carboxylic acid groups (broad SMARTS) is 1. The predicted octanol–water partition coefficient (Wildman–Crippen LogP) is 3.41. The molecule has 0 fully saturated rings. The molecule has 0 radical (unpaired) electrons. The van der Waals surface area contributed by atoms with Crippen molar-refractivity contribution >= 4 is 17.6 Å². The fraction of sp³-hybridized carbons (Fsp3) is 0.267. The molecule has 106 valence electrons. The van der Waals surface area contributed by atoms with Crippen LogP contribution in [0.1, 0.15) is 17.7 Å². The fourth-order valence-corrected chi connectivity index (χ4v) is 2.06. The quantitative estimate of drug-likeness (QED) is 0.850. The van der Waals surface area contributed by atoms with E-state index in [4.69, 9.17) is 21.1 Å². The molecule has 4 nitrogen and oxygen atoms in total. The average molecular weight is 294 g/mol. The van der Waals surface area contributed by atoms with E-state index in [1.807, 2.05) is 41.3 Å². The molecular weight excluding hydrogens is 278 g/mol. The number of halogens is 1. The highest BCUT2D eigenvalue weighted by molar-refractivity contribution is 6.30. The second-order valence-corrected chi connectivity index (χ2v) is 5.00. The summed E-state index contributed by atoms with van der Waals surface area (Å²) in [5.74, 6) is 0.0231. The van der Waals surface area contributed by atoms with Crippen LogP contribution < -0.4 is 0 Å². The zero-order valence-electron chi connectivity index (χ0n) is 11.0. The topological polar surface area (TPSA) is 53.7 Å². The molecule has 1 N–H and O–H groups in total. The summed E-state index contributed by atoms with van der Waals surface area (Å²) in [6.45, 7) is 1.71. The van der Waals surface area contributed by atoms with Crippen molar-refractivity contribution in [1.29, 1.82) is 0 Å². The Morgan fingerprint density at radius 1 is 1.20 bits per heavy atom. The highest BCUT2D eigenvalue weighted by Gasteiger charge is 2.10. The summed E-state index contributed by atoms with van der Waals surface area (Å²) in [5.41, 5.74) is 1.09. The molecule has 1 aromatic heterocycles. The molecule has 0 aliphatic carbocycles. The van der Waals surface area contributed by atoms with Gasteiger partial charge in [-0.2, -0.15) is 0 Å². The highest BCUT2D eigenvalue weighted by atomic mass is 35.5. The molecule has 0 unspecified atom stereocenters. The van der Waals surface area contributed by atoms with Crippen molar-refractivity contribution in [3.05, 3.63) is 59.0 Å². The maximum absolute atomic E-state index is 10.7. The van der Waals surface area contributed by atoms with Gasteiger partial charge in [-0.3, -0.25) is 9.69 Å². The number of hydrogen-bond acceptors (Lipinski definition) is 3. The van der Waals surface area contributed by atoms with Crippen molar-refractivity contribution in [3.8, 4) is 0 Å². The van der Waals surface area contributed by atoms with E-state index in [1.54, 1.807) is 6.26 Å². The van der Waals surface area contributed by atoms with E-state index < -0.39 is 5.97 Å². The Bertz CT molecular complexity index is 537. The molecule has 1 heterocycles. The number of nitrogens with zero attached hydrogens (tertiary/aromatic N) is 1. The van der Waals surface area contributed by atoms with Gasteiger partial charge >= 0.3 is 5.97 Å². The molecule has 5 heteroatoms. The van der Waals surface area contributed by atoms with Crippen molar-refractivity contribution in [2.24, 2.45) is 0 Å². The van der Waals surface area contributed by atoms with Gasteiger partial charge in [0.1, 0.15) is 5.76 Å². The molecule has 0 atom stereocenters. The van der Waals surface area contributed by atoms with Crippen LogP contribution in [0.4, 0.5) is 0 Å². The molecule has 0 saturated heterocycles. The maximum Gasteiger partial charge on any atom is 0.304 e. The van der Waals surface area contributed by atoms with E-state index in [1.165, 1.54) is 0 Å².